The zero-order chi connectivity index (χ0) is 15.4. The number of anilines is 1. The minimum absolute atomic E-state index is 0.312. The van der Waals surface area contributed by atoms with Gasteiger partial charge in [0, 0.05) is 18.1 Å². The molecule has 2 aromatic rings. The molecule has 0 spiro atoms. The molecule has 0 aliphatic rings. The highest BCUT2D eigenvalue weighted by Crippen LogP contribution is 2.22. The van der Waals surface area contributed by atoms with Crippen molar-refractivity contribution in [3.63, 3.8) is 0 Å². The monoisotopic (exact) mass is 321 g/mol. The predicted molar refractivity (Wildman–Crippen MR) is 92.9 cm³/mol. The molecule has 8 heteroatoms. The summed E-state index contributed by atoms with van der Waals surface area (Å²) in [4.78, 5) is 23.1. The Hall–Kier alpha value is -1.93. The molecule has 2 N–H and O–H groups in total. The molecular weight excluding hydrogens is 306 g/mol. The van der Waals surface area contributed by atoms with Crippen LogP contribution in [0, 0.1) is 0 Å². The van der Waals surface area contributed by atoms with E-state index in [0.717, 1.165) is 11.0 Å². The Morgan fingerprint density at radius 1 is 1.62 bits per heavy atom. The van der Waals surface area contributed by atoms with E-state index in [-0.39, 0.29) is 6.03 Å². The van der Waals surface area contributed by atoms with Gasteiger partial charge in [0.25, 0.3) is 0 Å². The zero-order valence-corrected chi connectivity index (χ0v) is 13.3. The number of carbonyl (C=O) groups is 1. The maximum atomic E-state index is 11.6. The number of aromatic nitrogens is 2. The molecule has 0 bridgehead atoms. The van der Waals surface area contributed by atoms with Gasteiger partial charge >= 0.3 is 6.03 Å². The number of nitrogens with zero attached hydrogens (tertiary/aromatic N) is 3. The van der Waals surface area contributed by atoms with Crippen LogP contribution >= 0.6 is 24.6 Å². The van der Waals surface area contributed by atoms with Crippen LogP contribution in [0.2, 0.25) is 0 Å². The van der Waals surface area contributed by atoms with Gasteiger partial charge in [0.1, 0.15) is 5.70 Å². The second kappa shape index (κ2) is 6.68. The first-order chi connectivity index (χ1) is 10.0. The minimum Gasteiger partial charge on any atom is -0.337 e. The summed E-state index contributed by atoms with van der Waals surface area (Å²) in [5.74, 6) is 0.643. The molecule has 6 nitrogen and oxygen atoms in total. The first-order valence-electron chi connectivity index (χ1n) is 5.98. The number of amides is 2. The molecule has 0 radical (unpaired) electrons. The highest BCUT2D eigenvalue weighted by atomic mass is 32.2. The normalized spacial score (nSPS) is 11.5. The van der Waals surface area contributed by atoms with E-state index < -0.39 is 0 Å². The maximum Gasteiger partial charge on any atom is 0.331 e. The van der Waals surface area contributed by atoms with Crippen LogP contribution in [-0.2, 0) is 0 Å². The average molecular weight is 321 g/mol. The summed E-state index contributed by atoms with van der Waals surface area (Å²) in [5.41, 5.74) is 2.93. The number of carbonyl (C=O) groups excluding carboxylic acids is 1. The zero-order valence-electron chi connectivity index (χ0n) is 11.6. The molecule has 0 aliphatic carbocycles. The number of imidazole rings is 1. The van der Waals surface area contributed by atoms with Crippen LogP contribution in [0.4, 0.5) is 10.5 Å². The van der Waals surface area contributed by atoms with Gasteiger partial charge in [-0.1, -0.05) is 12.8 Å². The Morgan fingerprint density at radius 3 is 3.00 bits per heavy atom. The lowest BCUT2D eigenvalue weighted by Crippen LogP contribution is -2.23. The fourth-order valence-electron chi connectivity index (χ4n) is 1.69. The molecule has 2 amide bonds. The second-order valence-electron chi connectivity index (χ2n) is 4.17. The lowest BCUT2D eigenvalue weighted by atomic mass is 10.3. The van der Waals surface area contributed by atoms with Crippen molar-refractivity contribution in [1.29, 1.82) is 0 Å². The van der Waals surface area contributed by atoms with Crippen LogP contribution in [-0.4, -0.2) is 40.3 Å². The number of aromatic amines is 1. The highest BCUT2D eigenvalue weighted by molar-refractivity contribution is 8.01. The van der Waals surface area contributed by atoms with Crippen LogP contribution in [0.25, 0.3) is 16.7 Å². The lowest BCUT2D eigenvalue weighted by Gasteiger charge is -2.10. The first kappa shape index (κ1) is 15.5. The molecule has 1 heterocycles. The Bertz CT molecular complexity index is 708. The molecule has 0 saturated carbocycles. The number of benzene rings is 1. The quantitative estimate of drug-likeness (QED) is 0.598. The van der Waals surface area contributed by atoms with Crippen LogP contribution in [0.1, 0.15) is 5.82 Å². The number of H-pyrrole nitrogens is 1. The largest absolute Gasteiger partial charge is 0.337 e. The number of rotatable bonds is 4. The highest BCUT2D eigenvalue weighted by Gasteiger charge is 2.09. The predicted octanol–water partition coefficient (Wildman–Crippen LogP) is 3.23. The first-order valence-corrected chi connectivity index (χ1v) is 7.67. The number of hydrogen-bond acceptors (Lipinski definition) is 5. The van der Waals surface area contributed by atoms with E-state index in [1.165, 1.54) is 16.1 Å². The SMILES string of the molecule is C=N/C(=C\SC)c1nc2ccc(NC(=O)N(C)S)cc2[nH]1. The number of hydrogen-bond donors (Lipinski definition) is 3. The van der Waals surface area contributed by atoms with E-state index in [2.05, 4.69) is 39.8 Å². The number of aliphatic imine (C=N–C) groups is 1. The van der Waals surface area contributed by atoms with E-state index in [1.54, 1.807) is 19.2 Å². The van der Waals surface area contributed by atoms with Crippen LogP contribution in [0.3, 0.4) is 0 Å². The van der Waals surface area contributed by atoms with Crippen molar-refractivity contribution in [3.8, 4) is 0 Å². The molecular formula is C13H15N5OS2. The van der Waals surface area contributed by atoms with Crippen molar-refractivity contribution in [2.75, 3.05) is 18.6 Å². The number of thioether (sulfide) groups is 1. The summed E-state index contributed by atoms with van der Waals surface area (Å²) in [5, 5.41) is 4.58. The van der Waals surface area contributed by atoms with Crippen molar-refractivity contribution in [2.24, 2.45) is 4.99 Å². The molecule has 110 valence electrons. The van der Waals surface area contributed by atoms with Gasteiger partial charge in [0.2, 0.25) is 0 Å². The van der Waals surface area contributed by atoms with Gasteiger partial charge in [0.05, 0.1) is 11.0 Å². The smallest absolute Gasteiger partial charge is 0.331 e. The van der Waals surface area contributed by atoms with Gasteiger partial charge < -0.3 is 10.3 Å². The molecule has 2 rings (SSSR count). The molecule has 0 unspecified atom stereocenters. The third-order valence-electron chi connectivity index (χ3n) is 2.67. The van der Waals surface area contributed by atoms with Crippen molar-refractivity contribution in [3.05, 3.63) is 29.4 Å². The number of fused-ring (bicyclic) bond motifs is 1. The summed E-state index contributed by atoms with van der Waals surface area (Å²) in [6.45, 7) is 3.54. The van der Waals surface area contributed by atoms with E-state index in [1.807, 2.05) is 17.7 Å². The van der Waals surface area contributed by atoms with Crippen molar-refractivity contribution in [2.45, 2.75) is 0 Å². The Labute approximate surface area is 132 Å². The van der Waals surface area contributed by atoms with E-state index >= 15 is 0 Å². The molecule has 0 saturated heterocycles. The summed E-state index contributed by atoms with van der Waals surface area (Å²) < 4.78 is 1.17. The van der Waals surface area contributed by atoms with Crippen LogP contribution in [0.15, 0.2) is 28.6 Å². The van der Waals surface area contributed by atoms with Gasteiger partial charge in [-0.05, 0) is 31.2 Å². The van der Waals surface area contributed by atoms with Gasteiger partial charge in [-0.25, -0.2) is 9.78 Å². The lowest BCUT2D eigenvalue weighted by molar-refractivity contribution is 0.243. The van der Waals surface area contributed by atoms with E-state index in [9.17, 15) is 4.79 Å². The average Bonchev–Trinajstić information content (AvgIpc) is 2.87. The fraction of sp³-hybridized carbons (Fsp3) is 0.154. The second-order valence-corrected chi connectivity index (χ2v) is 5.48. The Kier molecular flexibility index (Phi) is 4.92. The minimum atomic E-state index is -0.312. The standard InChI is InChI=1S/C13H15N5OS2/c1-14-11(7-21-3)12-16-9-5-4-8(6-10(9)17-12)15-13(19)18(2)20/h4-7,20H,1H2,2-3H3,(H,15,19)(H,16,17)/b11-7-. The summed E-state index contributed by atoms with van der Waals surface area (Å²) >= 11 is 5.46. The third kappa shape index (κ3) is 3.59. The van der Waals surface area contributed by atoms with Gasteiger partial charge in [-0.2, -0.15) is 0 Å². The molecule has 0 fully saturated rings. The van der Waals surface area contributed by atoms with Crippen molar-refractivity contribution < 1.29 is 4.79 Å². The number of nitrogens with one attached hydrogen (secondary N) is 2. The third-order valence-corrected chi connectivity index (χ3v) is 3.31. The van der Waals surface area contributed by atoms with Crippen molar-refractivity contribution >= 4 is 59.7 Å². The number of thiol groups is 1. The van der Waals surface area contributed by atoms with Gasteiger partial charge in [-0.3, -0.25) is 9.30 Å². The molecule has 0 atom stereocenters. The van der Waals surface area contributed by atoms with Crippen LogP contribution in [0.5, 0.6) is 0 Å². The maximum absolute atomic E-state index is 11.6. The fourth-order valence-corrected chi connectivity index (χ4v) is 2.15. The molecule has 0 aliphatic heterocycles. The molecule has 1 aromatic carbocycles. The van der Waals surface area contributed by atoms with Gasteiger partial charge in [-0.15, -0.1) is 11.8 Å². The Morgan fingerprint density at radius 2 is 2.38 bits per heavy atom. The number of urea groups is 1. The topological polar surface area (TPSA) is 73.4 Å². The Balaban J connectivity index is 2.34. The van der Waals surface area contributed by atoms with E-state index in [0.29, 0.717) is 17.2 Å². The van der Waals surface area contributed by atoms with Crippen LogP contribution < -0.4 is 5.32 Å². The van der Waals surface area contributed by atoms with E-state index in [4.69, 9.17) is 0 Å². The molecule has 1 aromatic heterocycles. The molecule has 21 heavy (non-hydrogen) atoms. The summed E-state index contributed by atoms with van der Waals surface area (Å²) in [7, 11) is 1.56. The summed E-state index contributed by atoms with van der Waals surface area (Å²) in [6, 6.07) is 5.10. The summed E-state index contributed by atoms with van der Waals surface area (Å²) in [6.07, 6.45) is 1.94. The van der Waals surface area contributed by atoms with Crippen molar-refractivity contribution in [1.82, 2.24) is 14.3 Å². The van der Waals surface area contributed by atoms with Gasteiger partial charge in [0.15, 0.2) is 5.82 Å².